The van der Waals surface area contributed by atoms with E-state index in [-0.39, 0.29) is 0 Å². The Balaban J connectivity index is 1.77. The van der Waals surface area contributed by atoms with E-state index in [0.29, 0.717) is 19.1 Å². The molecule has 7 heteroatoms. The Kier molecular flexibility index (Phi) is 4.03. The fraction of sp³-hybridized carbons (Fsp3) is 0.818. The van der Waals surface area contributed by atoms with Crippen LogP contribution in [0.1, 0.15) is 12.8 Å². The third-order valence-electron chi connectivity index (χ3n) is 3.44. The van der Waals surface area contributed by atoms with Gasteiger partial charge in [-0.15, -0.1) is 0 Å². The van der Waals surface area contributed by atoms with Gasteiger partial charge in [0.2, 0.25) is 0 Å². The summed E-state index contributed by atoms with van der Waals surface area (Å²) in [5, 5.41) is 19.9. The lowest BCUT2D eigenvalue weighted by molar-refractivity contribution is -0.140. The Bertz CT molecular complexity index is 324. The molecule has 0 radical (unpaired) electrons. The quantitative estimate of drug-likeness (QED) is 0.596. The molecule has 2 fully saturated rings. The van der Waals surface area contributed by atoms with Gasteiger partial charge >= 0.3 is 12.0 Å². The van der Waals surface area contributed by atoms with Crippen molar-refractivity contribution >= 4 is 12.0 Å². The van der Waals surface area contributed by atoms with Crippen molar-refractivity contribution in [3.05, 3.63) is 0 Å². The van der Waals surface area contributed by atoms with Crippen LogP contribution in [0.15, 0.2) is 0 Å². The van der Waals surface area contributed by atoms with E-state index >= 15 is 0 Å². The maximum Gasteiger partial charge on any atom is 0.328 e. The molecule has 1 saturated carbocycles. The molecular formula is C11H19N3O4. The van der Waals surface area contributed by atoms with Crippen LogP contribution in [0, 0.1) is 0 Å². The van der Waals surface area contributed by atoms with Crippen LogP contribution in [0.25, 0.3) is 0 Å². The number of carboxylic acids is 1. The molecule has 102 valence electrons. The molecule has 2 amide bonds. The van der Waals surface area contributed by atoms with Crippen molar-refractivity contribution in [3.63, 3.8) is 0 Å². The van der Waals surface area contributed by atoms with E-state index in [1.54, 1.807) is 4.90 Å². The number of carbonyl (C=O) groups is 2. The lowest BCUT2D eigenvalue weighted by Gasteiger charge is -2.35. The van der Waals surface area contributed by atoms with Gasteiger partial charge in [-0.2, -0.15) is 0 Å². The molecule has 3 N–H and O–H groups in total. The Labute approximate surface area is 105 Å². The highest BCUT2D eigenvalue weighted by molar-refractivity contribution is 5.82. The number of aliphatic hydroxyl groups excluding tert-OH is 1. The van der Waals surface area contributed by atoms with Crippen molar-refractivity contribution in [3.8, 4) is 0 Å². The molecule has 0 spiro atoms. The molecule has 7 nitrogen and oxygen atoms in total. The molecule has 0 aromatic carbocycles. The highest BCUT2D eigenvalue weighted by atomic mass is 16.4. The Hall–Kier alpha value is -1.34. The first-order valence-electron chi connectivity index (χ1n) is 6.25. The number of nitrogens with zero attached hydrogens (tertiary/aromatic N) is 2. The Morgan fingerprint density at radius 2 is 1.83 bits per heavy atom. The standard InChI is InChI=1S/C11H19N3O4/c15-7-9(10(16)17)12-11(18)14-5-3-13(4-6-14)8-1-2-8/h8-9,15H,1-7H2,(H,12,18)(H,16,17). The first-order valence-corrected chi connectivity index (χ1v) is 6.25. The predicted octanol–water partition coefficient (Wildman–Crippen LogP) is -1.08. The summed E-state index contributed by atoms with van der Waals surface area (Å²) < 4.78 is 0. The SMILES string of the molecule is O=C(O)C(CO)NC(=O)N1CCN(C2CC2)CC1. The first-order chi connectivity index (χ1) is 8.61. The van der Waals surface area contributed by atoms with Gasteiger partial charge in [0.05, 0.1) is 6.61 Å². The number of aliphatic carboxylic acids is 1. The minimum atomic E-state index is -1.22. The van der Waals surface area contributed by atoms with Gasteiger partial charge in [-0.25, -0.2) is 9.59 Å². The van der Waals surface area contributed by atoms with Crippen LogP contribution >= 0.6 is 0 Å². The number of piperazine rings is 1. The number of carboxylic acid groups (broad SMARTS) is 1. The molecule has 1 atom stereocenters. The topological polar surface area (TPSA) is 93.1 Å². The Morgan fingerprint density at radius 1 is 1.22 bits per heavy atom. The van der Waals surface area contributed by atoms with Crippen LogP contribution in [0.4, 0.5) is 4.79 Å². The van der Waals surface area contributed by atoms with E-state index in [1.165, 1.54) is 12.8 Å². The molecule has 1 aliphatic carbocycles. The molecule has 2 rings (SSSR count). The van der Waals surface area contributed by atoms with E-state index in [4.69, 9.17) is 10.2 Å². The second-order valence-electron chi connectivity index (χ2n) is 4.78. The van der Waals surface area contributed by atoms with E-state index < -0.39 is 24.6 Å². The van der Waals surface area contributed by atoms with Crippen LogP contribution < -0.4 is 5.32 Å². The summed E-state index contributed by atoms with van der Waals surface area (Å²) in [6.07, 6.45) is 2.50. The number of urea groups is 1. The number of rotatable bonds is 4. The van der Waals surface area contributed by atoms with Crippen LogP contribution in [-0.2, 0) is 4.79 Å². The van der Waals surface area contributed by atoms with Crippen LogP contribution in [0.2, 0.25) is 0 Å². The van der Waals surface area contributed by atoms with E-state index in [0.717, 1.165) is 13.1 Å². The molecule has 1 saturated heterocycles. The fourth-order valence-electron chi connectivity index (χ4n) is 2.16. The zero-order chi connectivity index (χ0) is 13.1. The zero-order valence-electron chi connectivity index (χ0n) is 10.2. The van der Waals surface area contributed by atoms with Crippen LogP contribution in [0.3, 0.4) is 0 Å². The Morgan fingerprint density at radius 3 is 2.28 bits per heavy atom. The average Bonchev–Trinajstić information content (AvgIpc) is 3.19. The fourth-order valence-corrected chi connectivity index (χ4v) is 2.16. The zero-order valence-corrected chi connectivity index (χ0v) is 10.2. The van der Waals surface area contributed by atoms with Gasteiger partial charge in [0.25, 0.3) is 0 Å². The van der Waals surface area contributed by atoms with E-state index in [1.807, 2.05) is 0 Å². The van der Waals surface area contributed by atoms with Gasteiger partial charge in [-0.1, -0.05) is 0 Å². The normalized spacial score (nSPS) is 22.6. The summed E-state index contributed by atoms with van der Waals surface area (Å²) in [6.45, 7) is 2.31. The molecule has 1 aliphatic heterocycles. The molecule has 18 heavy (non-hydrogen) atoms. The molecular weight excluding hydrogens is 238 g/mol. The summed E-state index contributed by atoms with van der Waals surface area (Å²) in [4.78, 5) is 26.5. The molecule has 0 bridgehead atoms. The van der Waals surface area contributed by atoms with Crippen LogP contribution in [-0.4, -0.2) is 76.9 Å². The largest absolute Gasteiger partial charge is 0.480 e. The second kappa shape index (κ2) is 5.53. The predicted molar refractivity (Wildman–Crippen MR) is 63.2 cm³/mol. The van der Waals surface area contributed by atoms with Gasteiger partial charge in [0.1, 0.15) is 0 Å². The smallest absolute Gasteiger partial charge is 0.328 e. The maximum absolute atomic E-state index is 11.8. The summed E-state index contributed by atoms with van der Waals surface area (Å²) >= 11 is 0. The number of amides is 2. The average molecular weight is 257 g/mol. The van der Waals surface area contributed by atoms with Crippen molar-refractivity contribution in [1.82, 2.24) is 15.1 Å². The molecule has 0 aromatic rings. The maximum atomic E-state index is 11.8. The highest BCUT2D eigenvalue weighted by Crippen LogP contribution is 2.27. The molecule has 1 heterocycles. The third-order valence-corrected chi connectivity index (χ3v) is 3.44. The van der Waals surface area contributed by atoms with Crippen LogP contribution in [0.5, 0.6) is 0 Å². The number of carbonyl (C=O) groups excluding carboxylic acids is 1. The second-order valence-corrected chi connectivity index (χ2v) is 4.78. The van der Waals surface area contributed by atoms with Crippen molar-refractivity contribution in [2.45, 2.75) is 24.9 Å². The first kappa shape index (κ1) is 13.1. The molecule has 0 aromatic heterocycles. The van der Waals surface area contributed by atoms with Crippen molar-refractivity contribution < 1.29 is 19.8 Å². The lowest BCUT2D eigenvalue weighted by atomic mass is 10.3. The number of nitrogens with one attached hydrogen (secondary N) is 1. The highest BCUT2D eigenvalue weighted by Gasteiger charge is 2.32. The van der Waals surface area contributed by atoms with Gasteiger partial charge in [0.15, 0.2) is 6.04 Å². The minimum Gasteiger partial charge on any atom is -0.480 e. The van der Waals surface area contributed by atoms with Gasteiger partial charge < -0.3 is 20.4 Å². The monoisotopic (exact) mass is 257 g/mol. The summed E-state index contributed by atoms with van der Waals surface area (Å²) in [6, 6.07) is -0.940. The summed E-state index contributed by atoms with van der Waals surface area (Å²) in [5.41, 5.74) is 0. The van der Waals surface area contributed by atoms with E-state index in [2.05, 4.69) is 10.2 Å². The van der Waals surface area contributed by atoms with E-state index in [9.17, 15) is 9.59 Å². The van der Waals surface area contributed by atoms with Crippen molar-refractivity contribution in [2.24, 2.45) is 0 Å². The van der Waals surface area contributed by atoms with Crippen molar-refractivity contribution in [2.75, 3.05) is 32.8 Å². The number of aliphatic hydroxyl groups is 1. The minimum absolute atomic E-state index is 0.410. The molecule has 2 aliphatic rings. The summed E-state index contributed by atoms with van der Waals surface area (Å²) in [5.74, 6) is -1.22. The summed E-state index contributed by atoms with van der Waals surface area (Å²) in [7, 11) is 0. The van der Waals surface area contributed by atoms with Crippen molar-refractivity contribution in [1.29, 1.82) is 0 Å². The van der Waals surface area contributed by atoms with Gasteiger partial charge in [0, 0.05) is 32.2 Å². The lowest BCUT2D eigenvalue weighted by Crippen LogP contribution is -2.55. The van der Waals surface area contributed by atoms with Gasteiger partial charge in [-0.3, -0.25) is 4.90 Å². The third kappa shape index (κ3) is 3.11. The molecule has 1 unspecified atom stereocenters. The number of hydrogen-bond acceptors (Lipinski definition) is 4. The number of hydrogen-bond donors (Lipinski definition) is 3. The van der Waals surface area contributed by atoms with Gasteiger partial charge in [-0.05, 0) is 12.8 Å².